The number of aliphatic hydroxyl groups excluding tert-OH is 1. The molecule has 210 valence electrons. The summed E-state index contributed by atoms with van der Waals surface area (Å²) in [7, 11) is 0. The van der Waals surface area contributed by atoms with Crippen LogP contribution >= 0.6 is 11.8 Å². The highest BCUT2D eigenvalue weighted by Crippen LogP contribution is 2.66. The second kappa shape index (κ2) is 11.9. The molecule has 3 N–H and O–H groups in total. The number of hydrogen-bond donors (Lipinski definition) is 3. The molecular weight excluding hydrogens is 502 g/mol. The molecule has 0 aromatic heterocycles. The summed E-state index contributed by atoms with van der Waals surface area (Å²) in [5.74, 6) is -0.668. The van der Waals surface area contributed by atoms with Crippen LogP contribution in [0.3, 0.4) is 0 Å². The maximum atomic E-state index is 14.2. The highest BCUT2D eigenvalue weighted by atomic mass is 32.2. The van der Waals surface area contributed by atoms with Gasteiger partial charge in [0.1, 0.15) is 11.8 Å². The van der Waals surface area contributed by atoms with Crippen molar-refractivity contribution in [1.29, 1.82) is 0 Å². The molecule has 3 aliphatic rings. The van der Waals surface area contributed by atoms with Crippen molar-refractivity contribution in [3.8, 4) is 5.75 Å². The zero-order valence-corrected chi connectivity index (χ0v) is 24.1. The van der Waals surface area contributed by atoms with E-state index in [2.05, 4.69) is 17.6 Å². The van der Waals surface area contributed by atoms with E-state index in [-0.39, 0.29) is 41.5 Å². The number of fused-ring (bicyclic) bond motifs is 1. The minimum absolute atomic E-state index is 0.0139. The predicted molar refractivity (Wildman–Crippen MR) is 150 cm³/mol. The van der Waals surface area contributed by atoms with Crippen molar-refractivity contribution in [1.82, 2.24) is 10.2 Å². The first-order valence-corrected chi connectivity index (χ1v) is 15.0. The van der Waals surface area contributed by atoms with Gasteiger partial charge in [-0.25, -0.2) is 0 Å². The van der Waals surface area contributed by atoms with Gasteiger partial charge in [0.15, 0.2) is 0 Å². The van der Waals surface area contributed by atoms with Gasteiger partial charge in [0.25, 0.3) is 0 Å². The molecule has 3 aliphatic heterocycles. The molecule has 38 heavy (non-hydrogen) atoms. The van der Waals surface area contributed by atoms with E-state index in [9.17, 15) is 19.5 Å². The van der Waals surface area contributed by atoms with Crippen LogP contribution < -0.4 is 15.4 Å². The van der Waals surface area contributed by atoms with Crippen LogP contribution in [0.2, 0.25) is 0 Å². The van der Waals surface area contributed by atoms with Crippen LogP contribution in [0.15, 0.2) is 24.3 Å². The van der Waals surface area contributed by atoms with Crippen LogP contribution in [0.25, 0.3) is 0 Å². The molecule has 3 fully saturated rings. The number of hydrogen-bond acceptors (Lipinski definition) is 6. The molecule has 2 bridgehead atoms. The number of carbonyl (C=O) groups excluding carboxylic acids is 3. The van der Waals surface area contributed by atoms with E-state index >= 15 is 0 Å². The number of carbonyl (C=O) groups is 3. The number of likely N-dealkylation sites (tertiary alicyclic amines) is 1. The van der Waals surface area contributed by atoms with Gasteiger partial charge in [0, 0.05) is 17.0 Å². The summed E-state index contributed by atoms with van der Waals surface area (Å²) in [6.07, 6.45) is 3.88. The lowest BCUT2D eigenvalue weighted by Gasteiger charge is -2.38. The number of thioether (sulfide) groups is 1. The molecule has 0 saturated carbocycles. The molecule has 3 heterocycles. The van der Waals surface area contributed by atoms with E-state index in [0.717, 1.165) is 25.0 Å². The third kappa shape index (κ3) is 5.28. The molecule has 1 aromatic rings. The second-order valence-corrected chi connectivity index (χ2v) is 13.0. The number of aliphatic hydroxyl groups is 1. The van der Waals surface area contributed by atoms with Gasteiger partial charge in [-0.15, -0.1) is 11.8 Å². The zero-order valence-electron chi connectivity index (χ0n) is 23.2. The molecule has 4 rings (SSSR count). The van der Waals surface area contributed by atoms with Gasteiger partial charge in [-0.1, -0.05) is 27.2 Å². The van der Waals surface area contributed by atoms with Crippen molar-refractivity contribution in [3.63, 3.8) is 0 Å². The maximum absolute atomic E-state index is 14.2. The molecular formula is C29H43N3O5S. The standard InChI is InChI=1S/C29H43N3O5S/c1-6-8-18(5)30-27(35)25-29-14-13-22(38-29)23(24(29)28(36)32(25)20(16-33)15-17(3)4)26(34)31-19-9-11-21(12-10-19)37-7-2/h9-12,17-18,20,22-25,33H,6-8,13-16H2,1-5H3,(H,30,35)(H,31,34)/t18?,20-,22+,23-,24+,25?,29?/m1/s1. The van der Waals surface area contributed by atoms with Gasteiger partial charge < -0.3 is 25.4 Å². The van der Waals surface area contributed by atoms with Crippen molar-refractivity contribution in [3.05, 3.63) is 24.3 Å². The van der Waals surface area contributed by atoms with Gasteiger partial charge in [-0.2, -0.15) is 0 Å². The molecule has 1 aromatic carbocycles. The third-order valence-electron chi connectivity index (χ3n) is 8.18. The van der Waals surface area contributed by atoms with Crippen LogP contribution in [0.1, 0.15) is 66.7 Å². The Morgan fingerprint density at radius 2 is 1.89 bits per heavy atom. The summed E-state index contributed by atoms with van der Waals surface area (Å²) in [6, 6.07) is 6.06. The summed E-state index contributed by atoms with van der Waals surface area (Å²) in [6.45, 7) is 10.4. The molecule has 0 aliphatic carbocycles. The minimum Gasteiger partial charge on any atom is -0.494 e. The summed E-state index contributed by atoms with van der Waals surface area (Å²) in [4.78, 5) is 43.4. The number of amides is 3. The number of anilines is 1. The van der Waals surface area contributed by atoms with Crippen molar-refractivity contribution in [2.75, 3.05) is 18.5 Å². The number of nitrogens with zero attached hydrogens (tertiary/aromatic N) is 1. The van der Waals surface area contributed by atoms with E-state index in [4.69, 9.17) is 4.74 Å². The number of nitrogens with one attached hydrogen (secondary N) is 2. The minimum atomic E-state index is -0.700. The first kappa shape index (κ1) is 28.7. The SMILES string of the molecule is CCCC(C)NC(=O)C1N([C@@H](CO)CC(C)C)C(=O)[C@@H]2[C@H](C(=O)Nc3ccc(OCC)cc3)[C@@H]3CCC12S3. The van der Waals surface area contributed by atoms with E-state index in [1.165, 1.54) is 0 Å². The zero-order chi connectivity index (χ0) is 27.6. The van der Waals surface area contributed by atoms with Crippen molar-refractivity contribution < 1.29 is 24.2 Å². The third-order valence-corrected chi connectivity index (χ3v) is 10.1. The van der Waals surface area contributed by atoms with Crippen molar-refractivity contribution in [2.24, 2.45) is 17.8 Å². The smallest absolute Gasteiger partial charge is 0.244 e. The van der Waals surface area contributed by atoms with Gasteiger partial charge in [-0.05, 0) is 69.7 Å². The fourth-order valence-electron chi connectivity index (χ4n) is 6.76. The second-order valence-electron chi connectivity index (χ2n) is 11.4. The van der Waals surface area contributed by atoms with Crippen LogP contribution in [0.4, 0.5) is 5.69 Å². The predicted octanol–water partition coefficient (Wildman–Crippen LogP) is 3.83. The molecule has 7 atom stereocenters. The molecule has 1 spiro atoms. The van der Waals surface area contributed by atoms with Crippen LogP contribution in [0.5, 0.6) is 5.75 Å². The maximum Gasteiger partial charge on any atom is 0.244 e. The Morgan fingerprint density at radius 3 is 2.50 bits per heavy atom. The first-order valence-electron chi connectivity index (χ1n) is 14.1. The average molecular weight is 546 g/mol. The fraction of sp³-hybridized carbons (Fsp3) is 0.690. The summed E-state index contributed by atoms with van der Waals surface area (Å²) < 4.78 is 4.84. The highest BCUT2D eigenvalue weighted by molar-refractivity contribution is 8.02. The number of ether oxygens (including phenoxy) is 1. The molecule has 3 amide bonds. The number of benzene rings is 1. The van der Waals surface area contributed by atoms with Crippen LogP contribution in [-0.4, -0.2) is 69.1 Å². The number of rotatable bonds is 12. The molecule has 8 nitrogen and oxygen atoms in total. The normalized spacial score (nSPS) is 29.3. The van der Waals surface area contributed by atoms with Gasteiger partial charge in [0.05, 0.1) is 35.8 Å². The van der Waals surface area contributed by atoms with Crippen molar-refractivity contribution >= 4 is 35.2 Å². The van der Waals surface area contributed by atoms with Crippen LogP contribution in [0, 0.1) is 17.8 Å². The van der Waals surface area contributed by atoms with Gasteiger partial charge in [-0.3, -0.25) is 14.4 Å². The first-order chi connectivity index (χ1) is 18.2. The molecule has 9 heteroatoms. The van der Waals surface area contributed by atoms with E-state index < -0.39 is 28.7 Å². The largest absolute Gasteiger partial charge is 0.494 e. The average Bonchev–Trinajstić information content (AvgIpc) is 3.51. The lowest BCUT2D eigenvalue weighted by Crippen LogP contribution is -2.57. The lowest BCUT2D eigenvalue weighted by molar-refractivity contribution is -0.142. The Balaban J connectivity index is 1.64. The molecule has 0 radical (unpaired) electrons. The van der Waals surface area contributed by atoms with Crippen molar-refractivity contribution in [2.45, 2.75) is 94.8 Å². The lowest BCUT2D eigenvalue weighted by atomic mass is 9.70. The van der Waals surface area contributed by atoms with Gasteiger partial charge >= 0.3 is 0 Å². The Bertz CT molecular complexity index is 1020. The quantitative estimate of drug-likeness (QED) is 0.369. The Hall–Kier alpha value is -2.26. The molecule has 3 unspecified atom stereocenters. The Kier molecular flexibility index (Phi) is 8.97. The summed E-state index contributed by atoms with van der Waals surface area (Å²) in [5.41, 5.74) is 0.651. The van der Waals surface area contributed by atoms with Crippen LogP contribution in [-0.2, 0) is 14.4 Å². The Labute approximate surface area is 230 Å². The van der Waals surface area contributed by atoms with E-state index in [0.29, 0.717) is 25.1 Å². The summed E-state index contributed by atoms with van der Waals surface area (Å²) in [5, 5.41) is 16.5. The topological polar surface area (TPSA) is 108 Å². The van der Waals surface area contributed by atoms with E-state index in [1.807, 2.05) is 39.8 Å². The fourth-order valence-corrected chi connectivity index (χ4v) is 8.96. The highest BCUT2D eigenvalue weighted by Gasteiger charge is 2.74. The molecule has 3 saturated heterocycles. The van der Waals surface area contributed by atoms with Gasteiger partial charge in [0.2, 0.25) is 17.7 Å². The summed E-state index contributed by atoms with van der Waals surface area (Å²) >= 11 is 1.65. The van der Waals surface area contributed by atoms with E-state index in [1.54, 1.807) is 28.8 Å². The monoisotopic (exact) mass is 545 g/mol. The Morgan fingerprint density at radius 1 is 1.18 bits per heavy atom.